The summed E-state index contributed by atoms with van der Waals surface area (Å²) in [6.07, 6.45) is 8.29. The van der Waals surface area contributed by atoms with Crippen LogP contribution in [0, 0.1) is 22.2 Å². The first-order valence-electron chi connectivity index (χ1n) is 9.30. The first-order valence-corrected chi connectivity index (χ1v) is 9.30. The van der Waals surface area contributed by atoms with E-state index in [0.717, 1.165) is 24.8 Å². The Labute approximate surface area is 140 Å². The van der Waals surface area contributed by atoms with Crippen molar-refractivity contribution in [3.63, 3.8) is 0 Å². The van der Waals surface area contributed by atoms with Gasteiger partial charge < -0.3 is 15.3 Å². The van der Waals surface area contributed by atoms with Crippen molar-refractivity contribution < 1.29 is 15.3 Å². The van der Waals surface area contributed by atoms with Gasteiger partial charge in [-0.15, -0.1) is 0 Å². The molecule has 3 heteroatoms. The van der Waals surface area contributed by atoms with Crippen LogP contribution in [-0.2, 0) is 0 Å². The van der Waals surface area contributed by atoms with Gasteiger partial charge in [-0.2, -0.15) is 0 Å². The molecule has 0 aromatic rings. The third-order valence-electron chi connectivity index (χ3n) is 7.94. The Balaban J connectivity index is 1.98. The molecule has 0 aliphatic heterocycles. The fourth-order valence-corrected chi connectivity index (χ4v) is 6.15. The van der Waals surface area contributed by atoms with E-state index in [9.17, 15) is 15.3 Å². The zero-order chi connectivity index (χ0) is 17.1. The first-order chi connectivity index (χ1) is 10.6. The van der Waals surface area contributed by atoms with Crippen molar-refractivity contribution >= 4 is 0 Å². The van der Waals surface area contributed by atoms with Crippen LogP contribution in [0.2, 0.25) is 0 Å². The summed E-state index contributed by atoms with van der Waals surface area (Å²) in [4.78, 5) is 0. The van der Waals surface area contributed by atoms with Gasteiger partial charge in [0, 0.05) is 5.41 Å². The van der Waals surface area contributed by atoms with Gasteiger partial charge in [-0.25, -0.2) is 0 Å². The summed E-state index contributed by atoms with van der Waals surface area (Å²) in [5, 5.41) is 31.4. The normalized spacial score (nSPS) is 47.3. The molecule has 0 heterocycles. The Hall–Kier alpha value is -0.380. The van der Waals surface area contributed by atoms with E-state index in [4.69, 9.17) is 0 Å². The minimum atomic E-state index is -0.734. The summed E-state index contributed by atoms with van der Waals surface area (Å²) in [6.45, 7) is 8.87. The molecule has 0 saturated heterocycles. The Kier molecular flexibility index (Phi) is 4.02. The van der Waals surface area contributed by atoms with Crippen molar-refractivity contribution in [2.24, 2.45) is 22.2 Å². The van der Waals surface area contributed by atoms with Crippen molar-refractivity contribution in [3.8, 4) is 0 Å². The summed E-state index contributed by atoms with van der Waals surface area (Å²) in [6, 6.07) is 0. The second-order valence-electron chi connectivity index (χ2n) is 9.67. The molecule has 2 fully saturated rings. The number of aliphatic hydroxyl groups excluding tert-OH is 2. The molecule has 0 amide bonds. The van der Waals surface area contributed by atoms with Gasteiger partial charge in [-0.05, 0) is 60.8 Å². The molecule has 0 spiro atoms. The summed E-state index contributed by atoms with van der Waals surface area (Å²) < 4.78 is 0. The van der Waals surface area contributed by atoms with E-state index in [-0.39, 0.29) is 22.9 Å². The molecule has 0 bridgehead atoms. The average Bonchev–Trinajstić information content (AvgIpc) is 2.48. The molecule has 3 nitrogen and oxygen atoms in total. The van der Waals surface area contributed by atoms with Gasteiger partial charge in [0.1, 0.15) is 0 Å². The molecule has 2 saturated carbocycles. The van der Waals surface area contributed by atoms with Crippen molar-refractivity contribution in [2.45, 2.75) is 84.3 Å². The van der Waals surface area contributed by atoms with Crippen LogP contribution in [0.4, 0.5) is 0 Å². The molecule has 0 radical (unpaired) electrons. The van der Waals surface area contributed by atoms with Crippen molar-refractivity contribution in [2.75, 3.05) is 6.61 Å². The second kappa shape index (κ2) is 5.31. The largest absolute Gasteiger partial charge is 0.394 e. The molecule has 0 aromatic carbocycles. The van der Waals surface area contributed by atoms with Crippen LogP contribution in [0.1, 0.15) is 72.6 Å². The van der Waals surface area contributed by atoms with Crippen LogP contribution in [0.3, 0.4) is 0 Å². The third kappa shape index (κ3) is 2.34. The van der Waals surface area contributed by atoms with Gasteiger partial charge in [0.2, 0.25) is 0 Å². The van der Waals surface area contributed by atoms with Gasteiger partial charge in [-0.1, -0.05) is 40.2 Å². The fraction of sp³-hybridized carbons (Fsp3) is 0.900. The van der Waals surface area contributed by atoms with Crippen molar-refractivity contribution in [3.05, 3.63) is 11.6 Å². The van der Waals surface area contributed by atoms with Crippen LogP contribution in [0.15, 0.2) is 11.6 Å². The zero-order valence-corrected chi connectivity index (χ0v) is 15.2. The minimum Gasteiger partial charge on any atom is -0.394 e. The molecular weight excluding hydrogens is 288 g/mol. The smallest absolute Gasteiger partial charge is 0.0913 e. The predicted octanol–water partition coefficient (Wildman–Crippen LogP) is 3.42. The van der Waals surface area contributed by atoms with E-state index in [1.54, 1.807) is 0 Å². The monoisotopic (exact) mass is 322 g/mol. The van der Waals surface area contributed by atoms with Crippen LogP contribution >= 0.6 is 0 Å². The number of hydrogen-bond acceptors (Lipinski definition) is 3. The maximum absolute atomic E-state index is 11.8. The van der Waals surface area contributed by atoms with Gasteiger partial charge in [0.25, 0.3) is 0 Å². The Morgan fingerprint density at radius 3 is 2.48 bits per heavy atom. The van der Waals surface area contributed by atoms with Crippen LogP contribution in [0.25, 0.3) is 0 Å². The van der Waals surface area contributed by atoms with Crippen molar-refractivity contribution in [1.82, 2.24) is 0 Å². The summed E-state index contributed by atoms with van der Waals surface area (Å²) in [5.74, 6) is 0.518. The Morgan fingerprint density at radius 2 is 1.83 bits per heavy atom. The molecule has 3 aliphatic rings. The SMILES string of the molecule is CC1(C)CCC[C@@]2(C)[C@@H]1CC=C1C[C@](C)([C@H](O)CO)CC[C@@]12O. The van der Waals surface area contributed by atoms with Crippen molar-refractivity contribution in [1.29, 1.82) is 0 Å². The van der Waals surface area contributed by atoms with Crippen LogP contribution in [0.5, 0.6) is 0 Å². The highest BCUT2D eigenvalue weighted by molar-refractivity contribution is 5.32. The lowest BCUT2D eigenvalue weighted by Gasteiger charge is -2.63. The number of rotatable bonds is 2. The Bertz CT molecular complexity index is 511. The molecule has 5 atom stereocenters. The second-order valence-corrected chi connectivity index (χ2v) is 9.67. The zero-order valence-electron chi connectivity index (χ0n) is 15.2. The van der Waals surface area contributed by atoms with Crippen LogP contribution in [-0.4, -0.2) is 33.6 Å². The summed E-state index contributed by atoms with van der Waals surface area (Å²) in [5.41, 5.74) is 0.276. The molecule has 3 N–H and O–H groups in total. The van der Waals surface area contributed by atoms with E-state index >= 15 is 0 Å². The lowest BCUT2D eigenvalue weighted by Crippen LogP contribution is -2.62. The fourth-order valence-electron chi connectivity index (χ4n) is 6.15. The number of allylic oxidation sites excluding steroid dienone is 1. The number of hydrogen-bond donors (Lipinski definition) is 3. The highest BCUT2D eigenvalue weighted by atomic mass is 16.3. The molecular formula is C20H34O3. The molecule has 3 aliphatic carbocycles. The van der Waals surface area contributed by atoms with E-state index in [0.29, 0.717) is 18.8 Å². The minimum absolute atomic E-state index is 0.0651. The summed E-state index contributed by atoms with van der Waals surface area (Å²) >= 11 is 0. The van der Waals surface area contributed by atoms with Gasteiger partial charge >= 0.3 is 0 Å². The standard InChI is InChI=1S/C20H34O3/c1-17(2)8-5-9-19(4)15(17)7-6-14-12-18(3,16(22)13-21)10-11-20(14,19)23/h6,15-16,21-23H,5,7-13H2,1-4H3/t15-,16-,18-,19+,20-/m1/s1. The maximum Gasteiger partial charge on any atom is 0.0913 e. The Morgan fingerprint density at radius 1 is 1.13 bits per heavy atom. The lowest BCUT2D eigenvalue weighted by atomic mass is 9.44. The van der Waals surface area contributed by atoms with Gasteiger partial charge in [-0.3, -0.25) is 0 Å². The topological polar surface area (TPSA) is 60.7 Å². The lowest BCUT2D eigenvalue weighted by molar-refractivity contribution is -0.168. The molecule has 0 aromatic heterocycles. The number of fused-ring (bicyclic) bond motifs is 3. The van der Waals surface area contributed by atoms with E-state index in [1.165, 1.54) is 12.8 Å². The summed E-state index contributed by atoms with van der Waals surface area (Å²) in [7, 11) is 0. The average molecular weight is 322 g/mol. The van der Waals surface area contributed by atoms with Crippen LogP contribution < -0.4 is 0 Å². The third-order valence-corrected chi connectivity index (χ3v) is 7.94. The van der Waals surface area contributed by atoms with E-state index in [1.807, 2.05) is 6.92 Å². The maximum atomic E-state index is 11.8. The molecule has 132 valence electrons. The highest BCUT2D eigenvalue weighted by Gasteiger charge is 2.62. The molecule has 0 unspecified atom stereocenters. The van der Waals surface area contributed by atoms with E-state index < -0.39 is 11.7 Å². The van der Waals surface area contributed by atoms with Gasteiger partial charge in [0.15, 0.2) is 0 Å². The van der Waals surface area contributed by atoms with E-state index in [2.05, 4.69) is 26.8 Å². The first kappa shape index (κ1) is 17.4. The molecule has 23 heavy (non-hydrogen) atoms. The number of aliphatic hydroxyl groups is 3. The molecule has 3 rings (SSSR count). The predicted molar refractivity (Wildman–Crippen MR) is 91.9 cm³/mol. The van der Waals surface area contributed by atoms with Gasteiger partial charge in [0.05, 0.1) is 18.3 Å². The quantitative estimate of drug-likeness (QED) is 0.683. The highest BCUT2D eigenvalue weighted by Crippen LogP contribution is 2.65.